The van der Waals surface area contributed by atoms with Crippen LogP contribution in [0.15, 0.2) is 42.5 Å². The largest absolute Gasteiger partial charge is 0.481 e. The molecule has 2 aromatic carbocycles. The first-order chi connectivity index (χ1) is 12.3. The molecular weight excluding hydrogens is 328 g/mol. The van der Waals surface area contributed by atoms with Crippen LogP contribution in [0.5, 0.6) is 5.75 Å². The van der Waals surface area contributed by atoms with E-state index < -0.39 is 6.10 Å². The molecule has 2 rings (SSSR count). The number of para-hydroxylation sites is 1. The van der Waals surface area contributed by atoms with Crippen molar-refractivity contribution in [2.24, 2.45) is 0 Å². The highest BCUT2D eigenvalue weighted by atomic mass is 16.5. The minimum atomic E-state index is -0.696. The number of hydrogen-bond donors (Lipinski definition) is 2. The van der Waals surface area contributed by atoms with Crippen LogP contribution >= 0.6 is 0 Å². The summed E-state index contributed by atoms with van der Waals surface area (Å²) in [6.45, 7) is 9.48. The lowest BCUT2D eigenvalue weighted by Crippen LogP contribution is -2.33. The highest BCUT2D eigenvalue weighted by Gasteiger charge is 2.19. The van der Waals surface area contributed by atoms with Gasteiger partial charge in [-0.3, -0.25) is 9.59 Å². The smallest absolute Gasteiger partial charge is 0.265 e. The number of benzene rings is 2. The van der Waals surface area contributed by atoms with Gasteiger partial charge in [0.25, 0.3) is 11.8 Å². The van der Waals surface area contributed by atoms with Crippen molar-refractivity contribution in [3.8, 4) is 5.75 Å². The maximum atomic E-state index is 12.5. The number of rotatable bonds is 6. The van der Waals surface area contributed by atoms with E-state index in [1.165, 1.54) is 5.56 Å². The SMILES string of the molecule is Cc1ccc(O[C@@H](C)C(=O)Nc2ccccc2C(=O)NC(C)C)cc1C. The Kier molecular flexibility index (Phi) is 6.39. The molecule has 5 nitrogen and oxygen atoms in total. The molecule has 0 aliphatic carbocycles. The molecule has 0 aliphatic heterocycles. The van der Waals surface area contributed by atoms with Gasteiger partial charge in [-0.25, -0.2) is 0 Å². The zero-order chi connectivity index (χ0) is 19.3. The number of aryl methyl sites for hydroxylation is 2. The predicted octanol–water partition coefficient (Wildman–Crippen LogP) is 3.85. The van der Waals surface area contributed by atoms with Gasteiger partial charge in [0.05, 0.1) is 11.3 Å². The van der Waals surface area contributed by atoms with E-state index in [9.17, 15) is 9.59 Å². The zero-order valence-electron chi connectivity index (χ0n) is 15.9. The van der Waals surface area contributed by atoms with Crippen molar-refractivity contribution < 1.29 is 14.3 Å². The number of ether oxygens (including phenoxy) is 1. The standard InChI is InChI=1S/C21H26N2O3/c1-13(2)22-21(25)18-8-6-7-9-19(18)23-20(24)16(5)26-17-11-10-14(3)15(4)12-17/h6-13,16H,1-5H3,(H,22,25)(H,23,24)/t16-/m0/s1. The molecule has 2 aromatic rings. The van der Waals surface area contributed by atoms with Crippen LogP contribution in [0, 0.1) is 13.8 Å². The molecule has 0 aromatic heterocycles. The van der Waals surface area contributed by atoms with Crippen LogP contribution in [0.4, 0.5) is 5.69 Å². The lowest BCUT2D eigenvalue weighted by molar-refractivity contribution is -0.122. The monoisotopic (exact) mass is 354 g/mol. The number of carbonyl (C=O) groups excluding carboxylic acids is 2. The van der Waals surface area contributed by atoms with Crippen LogP contribution in [0.25, 0.3) is 0 Å². The predicted molar refractivity (Wildman–Crippen MR) is 104 cm³/mol. The molecule has 1 atom stereocenters. The summed E-state index contributed by atoms with van der Waals surface area (Å²) >= 11 is 0. The topological polar surface area (TPSA) is 67.4 Å². The van der Waals surface area contributed by atoms with Gasteiger partial charge >= 0.3 is 0 Å². The quantitative estimate of drug-likeness (QED) is 0.828. The normalized spacial score (nSPS) is 11.8. The van der Waals surface area contributed by atoms with Gasteiger partial charge in [-0.2, -0.15) is 0 Å². The molecule has 0 bridgehead atoms. The first kappa shape index (κ1) is 19.5. The van der Waals surface area contributed by atoms with E-state index in [0.717, 1.165) is 5.56 Å². The molecular formula is C21H26N2O3. The minimum absolute atomic E-state index is 0.0123. The van der Waals surface area contributed by atoms with Crippen molar-refractivity contribution >= 4 is 17.5 Å². The molecule has 5 heteroatoms. The number of nitrogens with one attached hydrogen (secondary N) is 2. The Hall–Kier alpha value is -2.82. The molecule has 0 radical (unpaired) electrons. The molecule has 0 unspecified atom stereocenters. The highest BCUT2D eigenvalue weighted by Crippen LogP contribution is 2.19. The second-order valence-electron chi connectivity index (χ2n) is 6.67. The summed E-state index contributed by atoms with van der Waals surface area (Å²) in [5, 5.41) is 5.62. The lowest BCUT2D eigenvalue weighted by Gasteiger charge is -2.17. The summed E-state index contributed by atoms with van der Waals surface area (Å²) in [6.07, 6.45) is -0.696. The summed E-state index contributed by atoms with van der Waals surface area (Å²) in [5.74, 6) is 0.105. The third kappa shape index (κ3) is 5.09. The second-order valence-corrected chi connectivity index (χ2v) is 6.67. The van der Waals surface area contributed by atoms with Gasteiger partial charge in [0.15, 0.2) is 6.10 Å². The van der Waals surface area contributed by atoms with E-state index in [1.54, 1.807) is 31.2 Å². The maximum absolute atomic E-state index is 12.5. The third-order valence-electron chi connectivity index (χ3n) is 4.01. The van der Waals surface area contributed by atoms with E-state index in [0.29, 0.717) is 17.0 Å². The van der Waals surface area contributed by atoms with Crippen LogP contribution in [0.1, 0.15) is 42.3 Å². The lowest BCUT2D eigenvalue weighted by atomic mass is 10.1. The fourth-order valence-electron chi connectivity index (χ4n) is 2.41. The molecule has 138 valence electrons. The van der Waals surface area contributed by atoms with Crippen molar-refractivity contribution in [3.63, 3.8) is 0 Å². The van der Waals surface area contributed by atoms with E-state index in [4.69, 9.17) is 4.74 Å². The van der Waals surface area contributed by atoms with E-state index in [2.05, 4.69) is 10.6 Å². The number of amides is 2. The molecule has 0 aliphatic rings. The first-order valence-electron chi connectivity index (χ1n) is 8.72. The van der Waals surface area contributed by atoms with E-state index >= 15 is 0 Å². The molecule has 0 heterocycles. The van der Waals surface area contributed by atoms with Gasteiger partial charge < -0.3 is 15.4 Å². The molecule has 2 N–H and O–H groups in total. The van der Waals surface area contributed by atoms with Gasteiger partial charge in [0, 0.05) is 6.04 Å². The van der Waals surface area contributed by atoms with Gasteiger partial charge in [0.1, 0.15) is 5.75 Å². The zero-order valence-corrected chi connectivity index (χ0v) is 15.9. The van der Waals surface area contributed by atoms with Gasteiger partial charge in [-0.1, -0.05) is 18.2 Å². The molecule has 2 amide bonds. The number of hydrogen-bond acceptors (Lipinski definition) is 3. The van der Waals surface area contributed by atoms with Crippen molar-refractivity contribution in [1.82, 2.24) is 5.32 Å². The van der Waals surface area contributed by atoms with Gasteiger partial charge in [-0.15, -0.1) is 0 Å². The first-order valence-corrected chi connectivity index (χ1v) is 8.72. The summed E-state index contributed by atoms with van der Waals surface area (Å²) in [7, 11) is 0. The van der Waals surface area contributed by atoms with Crippen LogP contribution in [0.3, 0.4) is 0 Å². The van der Waals surface area contributed by atoms with Crippen LogP contribution in [0.2, 0.25) is 0 Å². The minimum Gasteiger partial charge on any atom is -0.481 e. The average Bonchev–Trinajstić information content (AvgIpc) is 2.58. The van der Waals surface area contributed by atoms with Crippen LogP contribution in [-0.2, 0) is 4.79 Å². The average molecular weight is 354 g/mol. The molecule has 26 heavy (non-hydrogen) atoms. The van der Waals surface area contributed by atoms with Crippen molar-refractivity contribution in [2.45, 2.75) is 46.8 Å². The van der Waals surface area contributed by atoms with Crippen molar-refractivity contribution in [3.05, 3.63) is 59.2 Å². The van der Waals surface area contributed by atoms with E-state index in [-0.39, 0.29) is 17.9 Å². The maximum Gasteiger partial charge on any atom is 0.265 e. The summed E-state index contributed by atoms with van der Waals surface area (Å²) < 4.78 is 5.74. The van der Waals surface area contributed by atoms with Gasteiger partial charge in [0.2, 0.25) is 0 Å². The summed E-state index contributed by atoms with van der Waals surface area (Å²) in [4.78, 5) is 24.8. The highest BCUT2D eigenvalue weighted by molar-refractivity contribution is 6.04. The Morgan fingerprint density at radius 3 is 2.31 bits per heavy atom. The van der Waals surface area contributed by atoms with Crippen LogP contribution in [-0.4, -0.2) is 24.0 Å². The fraction of sp³-hybridized carbons (Fsp3) is 0.333. The second kappa shape index (κ2) is 8.52. The number of carbonyl (C=O) groups is 2. The Labute approximate surface area is 154 Å². The Morgan fingerprint density at radius 1 is 0.962 bits per heavy atom. The molecule has 0 saturated carbocycles. The third-order valence-corrected chi connectivity index (χ3v) is 4.01. The van der Waals surface area contributed by atoms with Crippen molar-refractivity contribution in [2.75, 3.05) is 5.32 Å². The van der Waals surface area contributed by atoms with Crippen LogP contribution < -0.4 is 15.4 Å². The summed E-state index contributed by atoms with van der Waals surface area (Å²) in [5.41, 5.74) is 3.16. The van der Waals surface area contributed by atoms with Crippen molar-refractivity contribution in [1.29, 1.82) is 0 Å². The Balaban J connectivity index is 2.09. The van der Waals surface area contributed by atoms with Gasteiger partial charge in [-0.05, 0) is 70.0 Å². The fourth-order valence-corrected chi connectivity index (χ4v) is 2.41. The Morgan fingerprint density at radius 2 is 1.65 bits per heavy atom. The van der Waals surface area contributed by atoms with E-state index in [1.807, 2.05) is 45.9 Å². The molecule has 0 spiro atoms. The number of anilines is 1. The summed E-state index contributed by atoms with van der Waals surface area (Å²) in [6, 6.07) is 12.6. The molecule has 0 fully saturated rings. The Bertz CT molecular complexity index is 800. The molecule has 0 saturated heterocycles.